The topological polar surface area (TPSA) is 0 Å². The van der Waals surface area contributed by atoms with Crippen molar-refractivity contribution in [1.29, 1.82) is 0 Å². The Morgan fingerprint density at radius 2 is 0.618 bits per heavy atom. The molecule has 2 aromatic carbocycles. The predicted octanol–water partition coefficient (Wildman–Crippen LogP) is 9.88. The lowest BCUT2D eigenvalue weighted by Gasteiger charge is -2.52. The van der Waals surface area contributed by atoms with Crippen LogP contribution in [0.25, 0.3) is 0 Å². The molecule has 0 unspecified atom stereocenters. The van der Waals surface area contributed by atoms with Crippen LogP contribution in [0.3, 0.4) is 0 Å². The summed E-state index contributed by atoms with van der Waals surface area (Å²) in [5.41, 5.74) is 13.0. The summed E-state index contributed by atoms with van der Waals surface area (Å²) in [6.07, 6.45) is 11.5. The first-order chi connectivity index (χ1) is 16.4. The van der Waals surface area contributed by atoms with Crippen LogP contribution in [0, 0.1) is 0 Å². The first kappa shape index (κ1) is 28.7. The fourth-order valence-electron chi connectivity index (χ4n) is 7.54. The van der Waals surface area contributed by atoms with E-state index in [1.165, 1.54) is 25.7 Å². The molecule has 0 heterocycles. The molecular weight excluding hydrogens is 408 g/mol. The third-order valence-electron chi connectivity index (χ3n) is 9.54. The maximum Gasteiger partial charge on any atom is 0.00446 e. The molecule has 0 aromatic heterocycles. The van der Waals surface area contributed by atoms with Gasteiger partial charge in [-0.25, -0.2) is 0 Å². The molecule has 0 radical (unpaired) electrons. The third kappa shape index (κ3) is 4.64. The molecule has 0 aliphatic carbocycles. The summed E-state index contributed by atoms with van der Waals surface area (Å²) < 4.78 is 0. The van der Waals surface area contributed by atoms with Gasteiger partial charge in [0, 0.05) is 10.8 Å². The average molecular weight is 463 g/mol. The number of aryl methyl sites for hydroxylation is 4. The van der Waals surface area contributed by atoms with Crippen molar-refractivity contribution in [1.82, 2.24) is 0 Å². The van der Waals surface area contributed by atoms with Gasteiger partial charge in [0.25, 0.3) is 0 Å². The number of hydrogen-bond donors (Lipinski definition) is 0. The Bertz CT molecular complexity index is 794. The maximum absolute atomic E-state index is 2.62. The second-order valence-electron chi connectivity index (χ2n) is 10.2. The molecule has 2 aromatic rings. The van der Waals surface area contributed by atoms with Gasteiger partial charge in [-0.3, -0.25) is 0 Å². The van der Waals surface area contributed by atoms with Gasteiger partial charge in [0.15, 0.2) is 0 Å². The Kier molecular flexibility index (Phi) is 10.5. The highest BCUT2D eigenvalue weighted by molar-refractivity contribution is 5.49. The van der Waals surface area contributed by atoms with E-state index < -0.39 is 0 Å². The van der Waals surface area contributed by atoms with Crippen molar-refractivity contribution in [3.63, 3.8) is 0 Å². The minimum absolute atomic E-state index is 0.139. The smallest absolute Gasteiger partial charge is 0.00446 e. The van der Waals surface area contributed by atoms with Crippen LogP contribution in [0.15, 0.2) is 24.3 Å². The van der Waals surface area contributed by atoms with Gasteiger partial charge in [-0.15, -0.1) is 0 Å². The van der Waals surface area contributed by atoms with E-state index in [9.17, 15) is 0 Å². The van der Waals surface area contributed by atoms with Crippen molar-refractivity contribution >= 4 is 0 Å². The summed E-state index contributed by atoms with van der Waals surface area (Å²) in [6.45, 7) is 23.8. The summed E-state index contributed by atoms with van der Waals surface area (Å²) in [6, 6.07) is 10.5. The van der Waals surface area contributed by atoms with E-state index in [1.54, 1.807) is 44.5 Å². The fourth-order valence-corrected chi connectivity index (χ4v) is 7.54. The Balaban J connectivity index is 2.97. The lowest BCUT2D eigenvalue weighted by atomic mass is 9.51. The van der Waals surface area contributed by atoms with Gasteiger partial charge in [0.05, 0.1) is 0 Å². The largest absolute Gasteiger partial charge is 0.0645 e. The van der Waals surface area contributed by atoms with Crippen LogP contribution < -0.4 is 0 Å². The third-order valence-corrected chi connectivity index (χ3v) is 9.54. The van der Waals surface area contributed by atoms with Gasteiger partial charge in [-0.05, 0) is 109 Å². The minimum Gasteiger partial charge on any atom is -0.0645 e. The fraction of sp³-hybridized carbons (Fsp3) is 0.647. The minimum atomic E-state index is 0.139. The monoisotopic (exact) mass is 462 g/mol. The van der Waals surface area contributed by atoms with Crippen LogP contribution in [-0.4, -0.2) is 0 Å². The highest BCUT2D eigenvalue weighted by atomic mass is 14.5. The molecule has 0 amide bonds. The molecule has 0 nitrogen and oxygen atoms in total. The number of hydrogen-bond acceptors (Lipinski definition) is 0. The zero-order chi connectivity index (χ0) is 25.5. The molecule has 0 N–H and O–H groups in total. The molecule has 0 aliphatic heterocycles. The summed E-state index contributed by atoms with van der Waals surface area (Å²) >= 11 is 0. The second kappa shape index (κ2) is 12.4. The van der Waals surface area contributed by atoms with Crippen molar-refractivity contribution in [2.75, 3.05) is 0 Å². The van der Waals surface area contributed by atoms with Crippen LogP contribution >= 0.6 is 0 Å². The number of rotatable bonds is 13. The molecule has 34 heavy (non-hydrogen) atoms. The maximum atomic E-state index is 2.62. The van der Waals surface area contributed by atoms with Crippen LogP contribution in [0.2, 0.25) is 0 Å². The van der Waals surface area contributed by atoms with Crippen LogP contribution in [0.5, 0.6) is 0 Å². The Morgan fingerprint density at radius 3 is 0.765 bits per heavy atom. The summed E-state index contributed by atoms with van der Waals surface area (Å²) in [5, 5.41) is 0. The molecule has 0 bridgehead atoms. The first-order valence-corrected chi connectivity index (χ1v) is 14.7. The van der Waals surface area contributed by atoms with E-state index in [4.69, 9.17) is 0 Å². The first-order valence-electron chi connectivity index (χ1n) is 14.7. The van der Waals surface area contributed by atoms with E-state index in [2.05, 4.69) is 93.5 Å². The van der Waals surface area contributed by atoms with Gasteiger partial charge in [-0.1, -0.05) is 93.5 Å². The molecule has 0 heteroatoms. The molecule has 0 spiro atoms. The Hall–Kier alpha value is -1.56. The molecule has 0 fully saturated rings. The summed E-state index contributed by atoms with van der Waals surface area (Å²) in [7, 11) is 0. The second-order valence-corrected chi connectivity index (χ2v) is 10.2. The van der Waals surface area contributed by atoms with Crippen molar-refractivity contribution in [3.05, 3.63) is 68.8 Å². The molecule has 190 valence electrons. The quantitative estimate of drug-likeness (QED) is 0.278. The predicted molar refractivity (Wildman–Crippen MR) is 154 cm³/mol. The zero-order valence-corrected chi connectivity index (χ0v) is 24.4. The van der Waals surface area contributed by atoms with Gasteiger partial charge < -0.3 is 0 Å². The van der Waals surface area contributed by atoms with Crippen molar-refractivity contribution < 1.29 is 0 Å². The molecular formula is C34H54. The highest BCUT2D eigenvalue weighted by Gasteiger charge is 2.49. The van der Waals surface area contributed by atoms with E-state index in [-0.39, 0.29) is 10.8 Å². The van der Waals surface area contributed by atoms with Gasteiger partial charge >= 0.3 is 0 Å². The van der Waals surface area contributed by atoms with Crippen molar-refractivity contribution in [2.24, 2.45) is 0 Å². The average Bonchev–Trinajstić information content (AvgIpc) is 2.89. The number of benzene rings is 2. The molecule has 0 saturated heterocycles. The summed E-state index contributed by atoms with van der Waals surface area (Å²) in [5.74, 6) is 0. The Labute approximate surface area is 213 Å². The van der Waals surface area contributed by atoms with Gasteiger partial charge in [0.2, 0.25) is 0 Å². The molecule has 0 aliphatic rings. The van der Waals surface area contributed by atoms with E-state index in [1.807, 2.05) is 0 Å². The summed E-state index contributed by atoms with van der Waals surface area (Å²) in [4.78, 5) is 0. The van der Waals surface area contributed by atoms with Crippen molar-refractivity contribution in [3.8, 4) is 0 Å². The Morgan fingerprint density at radius 1 is 0.382 bits per heavy atom. The van der Waals surface area contributed by atoms with E-state index in [0.717, 1.165) is 38.5 Å². The van der Waals surface area contributed by atoms with E-state index >= 15 is 0 Å². The standard InChI is InChI=1S/C34H54/c1-11-25-21-29(22-26(12-2)31(25)15-5)33(17-7,18-8)34(19-9,20-10)30-23-27(13-3)32(16-6)28(14-4)24-30/h21-24H,11-20H2,1-10H3. The SMILES string of the molecule is CCc1cc(C(CC)(CC)C(CC)(CC)c2cc(CC)c(CC)c(CC)c2)cc(CC)c1CC. The van der Waals surface area contributed by atoms with Crippen LogP contribution in [-0.2, 0) is 49.4 Å². The molecule has 0 saturated carbocycles. The normalized spacial score (nSPS) is 12.4. The van der Waals surface area contributed by atoms with E-state index in [0.29, 0.717) is 0 Å². The van der Waals surface area contributed by atoms with Crippen LogP contribution in [0.4, 0.5) is 0 Å². The lowest BCUT2D eigenvalue weighted by molar-refractivity contribution is 0.176. The lowest BCUT2D eigenvalue weighted by Crippen LogP contribution is -2.48. The van der Waals surface area contributed by atoms with Gasteiger partial charge in [-0.2, -0.15) is 0 Å². The highest BCUT2D eigenvalue weighted by Crippen LogP contribution is 2.54. The van der Waals surface area contributed by atoms with Crippen molar-refractivity contribution in [2.45, 2.75) is 144 Å². The zero-order valence-electron chi connectivity index (χ0n) is 24.4. The molecule has 2 rings (SSSR count). The molecule has 0 atom stereocenters. The van der Waals surface area contributed by atoms with Crippen LogP contribution in [0.1, 0.15) is 139 Å². The van der Waals surface area contributed by atoms with Gasteiger partial charge in [0.1, 0.15) is 0 Å².